The van der Waals surface area contributed by atoms with Crippen LogP contribution >= 0.6 is 11.3 Å². The van der Waals surface area contributed by atoms with E-state index < -0.39 is 5.97 Å². The molecule has 3 rings (SSSR count). The highest BCUT2D eigenvalue weighted by atomic mass is 32.1. The van der Waals surface area contributed by atoms with Gasteiger partial charge in [0.2, 0.25) is 0 Å². The van der Waals surface area contributed by atoms with E-state index in [9.17, 15) is 9.59 Å². The van der Waals surface area contributed by atoms with Crippen LogP contribution in [0.25, 0.3) is 0 Å². The van der Waals surface area contributed by atoms with Crippen molar-refractivity contribution in [3.8, 4) is 0 Å². The minimum Gasteiger partial charge on any atom is -0.476 e. The molecule has 2 unspecified atom stereocenters. The van der Waals surface area contributed by atoms with E-state index in [4.69, 9.17) is 9.84 Å². The van der Waals surface area contributed by atoms with Gasteiger partial charge in [-0.05, 0) is 19.3 Å². The molecule has 2 heterocycles. The zero-order valence-corrected chi connectivity index (χ0v) is 12.3. The molecule has 1 aromatic heterocycles. The number of hydrogen-bond acceptors (Lipinski definition) is 5. The van der Waals surface area contributed by atoms with Crippen molar-refractivity contribution in [3.05, 3.63) is 16.1 Å². The first-order valence-corrected chi connectivity index (χ1v) is 7.87. The number of nitrogens with zero attached hydrogens (tertiary/aromatic N) is 2. The van der Waals surface area contributed by atoms with Gasteiger partial charge < -0.3 is 20.1 Å². The molecule has 1 aliphatic heterocycles. The second-order valence-corrected chi connectivity index (χ2v) is 6.13. The van der Waals surface area contributed by atoms with E-state index in [0.717, 1.165) is 19.3 Å². The summed E-state index contributed by atoms with van der Waals surface area (Å²) in [7, 11) is 0. The number of ether oxygens (including phenoxy) is 1. The predicted molar refractivity (Wildman–Crippen MR) is 75.4 cm³/mol. The number of amides is 2. The maximum atomic E-state index is 12.3. The third-order valence-electron chi connectivity index (χ3n) is 3.90. The van der Waals surface area contributed by atoms with Crippen molar-refractivity contribution in [2.75, 3.05) is 13.2 Å². The van der Waals surface area contributed by atoms with Gasteiger partial charge in [0.1, 0.15) is 5.01 Å². The molecule has 8 heteroatoms. The number of carboxylic acid groups (broad SMARTS) is 1. The molecule has 2 aliphatic rings. The lowest BCUT2D eigenvalue weighted by Gasteiger charge is -2.37. The number of carbonyl (C=O) groups excluding carboxylic acids is 1. The Labute approximate surface area is 125 Å². The van der Waals surface area contributed by atoms with Gasteiger partial charge in [0.25, 0.3) is 0 Å². The van der Waals surface area contributed by atoms with E-state index in [1.807, 2.05) is 4.90 Å². The summed E-state index contributed by atoms with van der Waals surface area (Å²) < 4.78 is 5.68. The third kappa shape index (κ3) is 3.01. The van der Waals surface area contributed by atoms with Crippen molar-refractivity contribution in [2.45, 2.75) is 38.0 Å². The zero-order chi connectivity index (χ0) is 14.8. The standard InChI is InChI=1S/C13H17N3O4S/c17-12(18)8-7-21-11(15-8)6-14-13(19)16-4-5-20-10-3-1-2-9(10)16/h7,9-10H,1-6H2,(H,14,19)(H,17,18). The lowest BCUT2D eigenvalue weighted by Crippen LogP contribution is -2.54. The smallest absolute Gasteiger partial charge is 0.355 e. The second-order valence-electron chi connectivity index (χ2n) is 5.19. The van der Waals surface area contributed by atoms with Gasteiger partial charge in [0.15, 0.2) is 5.69 Å². The maximum Gasteiger partial charge on any atom is 0.355 e. The second kappa shape index (κ2) is 5.98. The first kappa shape index (κ1) is 14.3. The van der Waals surface area contributed by atoms with Crippen molar-refractivity contribution in [3.63, 3.8) is 0 Å². The Hall–Kier alpha value is -1.67. The normalized spacial score (nSPS) is 24.7. The number of urea groups is 1. The molecule has 2 fully saturated rings. The van der Waals surface area contributed by atoms with Gasteiger partial charge in [-0.1, -0.05) is 0 Å². The Morgan fingerprint density at radius 3 is 3.14 bits per heavy atom. The molecule has 2 amide bonds. The summed E-state index contributed by atoms with van der Waals surface area (Å²) in [5.74, 6) is -1.05. The fourth-order valence-electron chi connectivity index (χ4n) is 2.92. The van der Waals surface area contributed by atoms with Crippen LogP contribution in [0.4, 0.5) is 4.79 Å². The van der Waals surface area contributed by atoms with E-state index in [-0.39, 0.29) is 30.4 Å². The third-order valence-corrected chi connectivity index (χ3v) is 4.75. The largest absolute Gasteiger partial charge is 0.476 e. The van der Waals surface area contributed by atoms with E-state index >= 15 is 0 Å². The molecular formula is C13H17N3O4S. The van der Waals surface area contributed by atoms with Crippen molar-refractivity contribution < 1.29 is 19.4 Å². The van der Waals surface area contributed by atoms with Crippen LogP contribution in [0, 0.1) is 0 Å². The molecule has 1 saturated carbocycles. The van der Waals surface area contributed by atoms with Gasteiger partial charge in [0, 0.05) is 11.9 Å². The Morgan fingerprint density at radius 2 is 2.38 bits per heavy atom. The van der Waals surface area contributed by atoms with E-state index in [1.165, 1.54) is 16.7 Å². The Bertz CT molecular complexity index is 547. The number of aromatic carboxylic acids is 1. The molecule has 114 valence electrons. The highest BCUT2D eigenvalue weighted by Gasteiger charge is 2.38. The molecule has 1 aromatic rings. The molecule has 0 spiro atoms. The van der Waals surface area contributed by atoms with Crippen LogP contribution in [-0.4, -0.2) is 52.3 Å². The van der Waals surface area contributed by atoms with Crippen LogP contribution in [0.3, 0.4) is 0 Å². The van der Waals surface area contributed by atoms with Gasteiger partial charge >= 0.3 is 12.0 Å². The molecule has 2 N–H and O–H groups in total. The summed E-state index contributed by atoms with van der Waals surface area (Å²) in [5, 5.41) is 13.7. The molecule has 0 bridgehead atoms. The van der Waals surface area contributed by atoms with E-state index in [0.29, 0.717) is 18.2 Å². The topological polar surface area (TPSA) is 91.8 Å². The van der Waals surface area contributed by atoms with Crippen LogP contribution in [0.5, 0.6) is 0 Å². The summed E-state index contributed by atoms with van der Waals surface area (Å²) in [5.41, 5.74) is 0.0199. The maximum absolute atomic E-state index is 12.3. The molecule has 1 saturated heterocycles. The van der Waals surface area contributed by atoms with E-state index in [2.05, 4.69) is 10.3 Å². The van der Waals surface area contributed by atoms with Crippen molar-refractivity contribution >= 4 is 23.3 Å². The predicted octanol–water partition coefficient (Wildman–Crippen LogP) is 1.30. The highest BCUT2D eigenvalue weighted by molar-refractivity contribution is 7.09. The van der Waals surface area contributed by atoms with Crippen LogP contribution in [0.2, 0.25) is 0 Å². The summed E-state index contributed by atoms with van der Waals surface area (Å²) in [6, 6.07) is 0.0481. The van der Waals surface area contributed by atoms with Gasteiger partial charge in [-0.15, -0.1) is 11.3 Å². The Balaban J connectivity index is 1.57. The van der Waals surface area contributed by atoms with Crippen molar-refractivity contribution in [2.24, 2.45) is 0 Å². The summed E-state index contributed by atoms with van der Waals surface area (Å²) in [4.78, 5) is 28.8. The van der Waals surface area contributed by atoms with Crippen molar-refractivity contribution in [1.82, 2.24) is 15.2 Å². The van der Waals surface area contributed by atoms with Gasteiger partial charge in [-0.3, -0.25) is 0 Å². The first-order chi connectivity index (χ1) is 10.1. The monoisotopic (exact) mass is 311 g/mol. The van der Waals surface area contributed by atoms with Gasteiger partial charge in [-0.25, -0.2) is 14.6 Å². The SMILES string of the molecule is O=C(O)c1csc(CNC(=O)N2CCOC3CCCC32)n1. The zero-order valence-electron chi connectivity index (χ0n) is 11.4. The lowest BCUT2D eigenvalue weighted by molar-refractivity contribution is -0.0383. The average molecular weight is 311 g/mol. The Kier molecular flexibility index (Phi) is 4.07. The van der Waals surface area contributed by atoms with Gasteiger partial charge in [0.05, 0.1) is 25.3 Å². The van der Waals surface area contributed by atoms with Crippen LogP contribution in [0.1, 0.15) is 34.8 Å². The number of fused-ring (bicyclic) bond motifs is 1. The van der Waals surface area contributed by atoms with Crippen molar-refractivity contribution in [1.29, 1.82) is 0 Å². The quantitative estimate of drug-likeness (QED) is 0.878. The number of morpholine rings is 1. The number of carbonyl (C=O) groups is 2. The number of nitrogens with one attached hydrogen (secondary N) is 1. The van der Waals surface area contributed by atoms with E-state index in [1.54, 1.807) is 0 Å². The molecular weight excluding hydrogens is 294 g/mol. The molecule has 7 nitrogen and oxygen atoms in total. The molecule has 21 heavy (non-hydrogen) atoms. The number of aromatic nitrogens is 1. The first-order valence-electron chi connectivity index (χ1n) is 6.99. The summed E-state index contributed by atoms with van der Waals surface area (Å²) >= 11 is 1.24. The Morgan fingerprint density at radius 1 is 1.52 bits per heavy atom. The summed E-state index contributed by atoms with van der Waals surface area (Å²) in [6.45, 7) is 1.44. The number of hydrogen-bond donors (Lipinski definition) is 2. The number of carboxylic acids is 1. The summed E-state index contributed by atoms with van der Waals surface area (Å²) in [6.07, 6.45) is 3.26. The van der Waals surface area contributed by atoms with Crippen LogP contribution < -0.4 is 5.32 Å². The van der Waals surface area contributed by atoms with Crippen LogP contribution in [-0.2, 0) is 11.3 Å². The van der Waals surface area contributed by atoms with Crippen LogP contribution in [0.15, 0.2) is 5.38 Å². The molecule has 1 aliphatic carbocycles. The fraction of sp³-hybridized carbons (Fsp3) is 0.615. The number of thiazole rings is 1. The average Bonchev–Trinajstić information content (AvgIpc) is 3.12. The molecule has 2 atom stereocenters. The lowest BCUT2D eigenvalue weighted by atomic mass is 10.1. The number of rotatable bonds is 3. The molecule has 0 aromatic carbocycles. The van der Waals surface area contributed by atoms with Gasteiger partial charge in [-0.2, -0.15) is 0 Å². The minimum atomic E-state index is -1.05. The fourth-order valence-corrected chi connectivity index (χ4v) is 3.63. The highest BCUT2D eigenvalue weighted by Crippen LogP contribution is 2.29. The molecule has 0 radical (unpaired) electrons. The minimum absolute atomic E-state index is 0.0199.